The molecule has 1 atom stereocenters. The Morgan fingerprint density at radius 1 is 1.00 bits per heavy atom. The van der Waals surface area contributed by atoms with Crippen LogP contribution in [0.5, 0.6) is 11.5 Å². The molecule has 2 rings (SSSR count). The summed E-state index contributed by atoms with van der Waals surface area (Å²) in [7, 11) is 1.41. The number of benzene rings is 2. The minimum absolute atomic E-state index is 0.0313. The van der Waals surface area contributed by atoms with Crippen LogP contribution in [0.15, 0.2) is 42.5 Å². The number of halogens is 3. The van der Waals surface area contributed by atoms with Crippen molar-refractivity contribution in [2.45, 2.75) is 12.7 Å². The molecule has 2 aromatic rings. The molecule has 0 bridgehead atoms. The normalized spacial score (nSPS) is 12.3. The first-order chi connectivity index (χ1) is 10.0. The van der Waals surface area contributed by atoms with E-state index in [-0.39, 0.29) is 11.3 Å². The average Bonchev–Trinajstić information content (AvgIpc) is 2.46. The van der Waals surface area contributed by atoms with Gasteiger partial charge in [-0.15, -0.1) is 0 Å². The zero-order valence-electron chi connectivity index (χ0n) is 11.1. The van der Waals surface area contributed by atoms with Crippen LogP contribution in [0.4, 0.5) is 13.2 Å². The van der Waals surface area contributed by atoms with Gasteiger partial charge in [-0.05, 0) is 29.8 Å². The molecule has 0 heterocycles. The molecular weight excluding hydrogens is 285 g/mol. The van der Waals surface area contributed by atoms with Gasteiger partial charge in [-0.3, -0.25) is 0 Å². The van der Waals surface area contributed by atoms with E-state index in [9.17, 15) is 18.3 Å². The molecule has 0 radical (unpaired) electrons. The summed E-state index contributed by atoms with van der Waals surface area (Å²) < 4.78 is 47.0. The molecule has 6 heteroatoms. The van der Waals surface area contributed by atoms with Gasteiger partial charge in [0.1, 0.15) is 23.4 Å². The number of hydrogen-bond donors (Lipinski definition) is 1. The maximum atomic E-state index is 13.9. The summed E-state index contributed by atoms with van der Waals surface area (Å²) in [6.07, 6.45) is -1.21. The first kappa shape index (κ1) is 15.2. The second-order valence-electron chi connectivity index (χ2n) is 4.24. The predicted molar refractivity (Wildman–Crippen MR) is 70.1 cm³/mol. The van der Waals surface area contributed by atoms with Crippen LogP contribution in [0.3, 0.4) is 0 Å². The third kappa shape index (κ3) is 3.66. The van der Waals surface area contributed by atoms with Crippen molar-refractivity contribution in [3.05, 3.63) is 59.4 Å². The molecule has 21 heavy (non-hydrogen) atoms. The lowest BCUT2D eigenvalue weighted by molar-refractivity contribution is -0.0498. The van der Waals surface area contributed by atoms with Crippen LogP contribution in [0.25, 0.3) is 0 Å². The zero-order chi connectivity index (χ0) is 15.4. The van der Waals surface area contributed by atoms with Gasteiger partial charge in [0.25, 0.3) is 0 Å². The van der Waals surface area contributed by atoms with Gasteiger partial charge in [-0.2, -0.15) is 8.78 Å². The quantitative estimate of drug-likeness (QED) is 0.918. The SMILES string of the molecule is COc1ccc(C(O)c2ccc(OC(F)F)cc2)c(F)c1. The van der Waals surface area contributed by atoms with E-state index in [1.165, 1.54) is 43.5 Å². The zero-order valence-corrected chi connectivity index (χ0v) is 11.1. The number of alkyl halides is 2. The van der Waals surface area contributed by atoms with Crippen LogP contribution < -0.4 is 9.47 Å². The fraction of sp³-hybridized carbons (Fsp3) is 0.200. The third-order valence-electron chi connectivity index (χ3n) is 2.92. The molecular formula is C15H13F3O3. The second-order valence-corrected chi connectivity index (χ2v) is 4.24. The van der Waals surface area contributed by atoms with Crippen LogP contribution in [-0.4, -0.2) is 18.8 Å². The van der Waals surface area contributed by atoms with Crippen molar-refractivity contribution in [3.8, 4) is 11.5 Å². The lowest BCUT2D eigenvalue weighted by atomic mass is 10.0. The van der Waals surface area contributed by atoms with Gasteiger partial charge in [-0.25, -0.2) is 4.39 Å². The highest BCUT2D eigenvalue weighted by Gasteiger charge is 2.16. The van der Waals surface area contributed by atoms with Crippen LogP contribution in [0.2, 0.25) is 0 Å². The van der Waals surface area contributed by atoms with Crippen molar-refractivity contribution < 1.29 is 27.8 Å². The molecule has 0 saturated heterocycles. The molecule has 1 unspecified atom stereocenters. The minimum atomic E-state index is -2.92. The molecule has 0 spiro atoms. The molecule has 0 amide bonds. The van der Waals surface area contributed by atoms with E-state index >= 15 is 0 Å². The van der Waals surface area contributed by atoms with E-state index in [0.717, 1.165) is 6.07 Å². The van der Waals surface area contributed by atoms with E-state index < -0.39 is 18.5 Å². The summed E-state index contributed by atoms with van der Waals surface area (Å²) in [6.45, 7) is -2.92. The Kier molecular flexibility index (Phi) is 4.70. The summed E-state index contributed by atoms with van der Waals surface area (Å²) in [5, 5.41) is 10.1. The Balaban J connectivity index is 2.21. The Morgan fingerprint density at radius 2 is 1.62 bits per heavy atom. The van der Waals surface area contributed by atoms with E-state index in [0.29, 0.717) is 11.3 Å². The minimum Gasteiger partial charge on any atom is -0.497 e. The fourth-order valence-electron chi connectivity index (χ4n) is 1.87. The topological polar surface area (TPSA) is 38.7 Å². The first-order valence-corrected chi connectivity index (χ1v) is 6.07. The largest absolute Gasteiger partial charge is 0.497 e. The number of rotatable bonds is 5. The average molecular weight is 298 g/mol. The molecule has 2 aromatic carbocycles. The molecule has 0 aliphatic heterocycles. The number of methoxy groups -OCH3 is 1. The van der Waals surface area contributed by atoms with Crippen LogP contribution in [0.1, 0.15) is 17.2 Å². The van der Waals surface area contributed by atoms with E-state index in [4.69, 9.17) is 4.74 Å². The number of aliphatic hydroxyl groups is 1. The molecule has 0 aliphatic carbocycles. The Hall–Kier alpha value is -2.21. The Labute approximate surface area is 119 Å². The van der Waals surface area contributed by atoms with Gasteiger partial charge in [-0.1, -0.05) is 12.1 Å². The molecule has 0 fully saturated rings. The maximum Gasteiger partial charge on any atom is 0.387 e. The van der Waals surface area contributed by atoms with Gasteiger partial charge >= 0.3 is 6.61 Å². The maximum absolute atomic E-state index is 13.9. The standard InChI is InChI=1S/C15H13F3O3/c1-20-11-6-7-12(13(16)8-11)14(19)9-2-4-10(5-3-9)21-15(17)18/h2-8,14-15,19H,1H3. The molecule has 0 saturated carbocycles. The van der Waals surface area contributed by atoms with Crippen molar-refractivity contribution in [1.29, 1.82) is 0 Å². The number of hydrogen-bond acceptors (Lipinski definition) is 3. The first-order valence-electron chi connectivity index (χ1n) is 6.07. The summed E-state index contributed by atoms with van der Waals surface area (Å²) in [5.74, 6) is -0.310. The van der Waals surface area contributed by atoms with Gasteiger partial charge in [0.15, 0.2) is 0 Å². The van der Waals surface area contributed by atoms with Crippen LogP contribution in [-0.2, 0) is 0 Å². The van der Waals surface area contributed by atoms with Gasteiger partial charge in [0, 0.05) is 11.6 Å². The highest BCUT2D eigenvalue weighted by molar-refractivity contribution is 5.37. The van der Waals surface area contributed by atoms with E-state index in [1.54, 1.807) is 0 Å². The third-order valence-corrected chi connectivity index (χ3v) is 2.92. The van der Waals surface area contributed by atoms with E-state index in [2.05, 4.69) is 4.74 Å². The van der Waals surface area contributed by atoms with Crippen LogP contribution in [0, 0.1) is 5.82 Å². The molecule has 112 valence electrons. The fourth-order valence-corrected chi connectivity index (χ4v) is 1.87. The molecule has 1 N–H and O–H groups in total. The Morgan fingerprint density at radius 3 is 2.14 bits per heavy atom. The monoisotopic (exact) mass is 298 g/mol. The smallest absolute Gasteiger partial charge is 0.387 e. The van der Waals surface area contributed by atoms with Crippen molar-refractivity contribution in [2.24, 2.45) is 0 Å². The van der Waals surface area contributed by atoms with Crippen molar-refractivity contribution in [3.63, 3.8) is 0 Å². The van der Waals surface area contributed by atoms with Crippen molar-refractivity contribution >= 4 is 0 Å². The molecule has 3 nitrogen and oxygen atoms in total. The summed E-state index contributed by atoms with van der Waals surface area (Å²) in [6, 6.07) is 9.45. The predicted octanol–water partition coefficient (Wildman–Crippen LogP) is 3.52. The summed E-state index contributed by atoms with van der Waals surface area (Å²) >= 11 is 0. The Bertz CT molecular complexity index is 600. The van der Waals surface area contributed by atoms with Crippen molar-refractivity contribution in [1.82, 2.24) is 0 Å². The summed E-state index contributed by atoms with van der Waals surface area (Å²) in [4.78, 5) is 0. The molecule has 0 aromatic heterocycles. The summed E-state index contributed by atoms with van der Waals surface area (Å²) in [5.41, 5.74) is 0.430. The second kappa shape index (κ2) is 6.49. The van der Waals surface area contributed by atoms with E-state index in [1.807, 2.05) is 0 Å². The highest BCUT2D eigenvalue weighted by Crippen LogP contribution is 2.28. The lowest BCUT2D eigenvalue weighted by Gasteiger charge is -2.14. The molecule has 0 aliphatic rings. The van der Waals surface area contributed by atoms with Gasteiger partial charge < -0.3 is 14.6 Å². The number of aliphatic hydroxyl groups excluding tert-OH is 1. The van der Waals surface area contributed by atoms with Gasteiger partial charge in [0.2, 0.25) is 0 Å². The van der Waals surface area contributed by atoms with Crippen LogP contribution >= 0.6 is 0 Å². The number of ether oxygens (including phenoxy) is 2. The lowest BCUT2D eigenvalue weighted by Crippen LogP contribution is -2.04. The van der Waals surface area contributed by atoms with Gasteiger partial charge in [0.05, 0.1) is 7.11 Å². The van der Waals surface area contributed by atoms with Crippen molar-refractivity contribution in [2.75, 3.05) is 7.11 Å². The highest BCUT2D eigenvalue weighted by atomic mass is 19.3.